The maximum Gasteiger partial charge on any atom is -0.0827 e. The van der Waals surface area contributed by atoms with E-state index in [9.17, 15) is 4.79 Å². The predicted octanol–water partition coefficient (Wildman–Crippen LogP) is 2.87. The monoisotopic (exact) mass is 340 g/mol. The normalized spacial score (nSPS) is 9.55. The molecule has 0 heterocycles. The molecule has 0 saturated heterocycles. The molecule has 2 rings (SSSR count). The van der Waals surface area contributed by atoms with Gasteiger partial charge < -0.3 is 12.0 Å². The standard InChI is InChI=1S/C16H13O2.C2H5O.Ni/c1-11-10-15(18-3)8-9-16(11)14-6-4-13(5-7-14)12(2)17;1-2-3;/h1,4-6,8-10H,2-3H3;3H,1-2H2;/q2*-1;. The molecule has 2 aromatic rings. The van der Waals surface area contributed by atoms with Gasteiger partial charge in [-0.15, -0.1) is 0 Å². The van der Waals surface area contributed by atoms with Gasteiger partial charge in [-0.3, -0.25) is 0 Å². The number of benzene rings is 2. The molecule has 0 aromatic heterocycles. The van der Waals surface area contributed by atoms with Crippen LogP contribution in [0.3, 0.4) is 0 Å². The molecular weight excluding hydrogens is 323 g/mol. The fourth-order valence-corrected chi connectivity index (χ4v) is 2.04. The summed E-state index contributed by atoms with van der Waals surface area (Å²) in [5, 5.41) is 7.46. The first-order valence-corrected chi connectivity index (χ1v) is 7.15. The zero-order valence-corrected chi connectivity index (χ0v) is 13.5. The summed E-state index contributed by atoms with van der Waals surface area (Å²) in [4.78, 5) is 12.9. The molecular formula is C18H18NiO3-2. The van der Waals surface area contributed by atoms with Crippen LogP contribution in [0.1, 0.15) is 22.8 Å². The average Bonchev–Trinajstić information content (AvgIpc) is 2.55. The summed E-state index contributed by atoms with van der Waals surface area (Å²) >= 11 is 4.73. The Morgan fingerprint density at radius 3 is 2.55 bits per heavy atom. The van der Waals surface area contributed by atoms with Crippen molar-refractivity contribution in [3.05, 3.63) is 60.5 Å². The summed E-state index contributed by atoms with van der Waals surface area (Å²) in [5.41, 5.74) is 3.48. The van der Waals surface area contributed by atoms with Gasteiger partial charge in [-0.25, -0.2) is 0 Å². The molecule has 0 spiro atoms. The predicted molar refractivity (Wildman–Crippen MR) is 84.9 cm³/mol. The van der Waals surface area contributed by atoms with Crippen molar-refractivity contribution >= 4 is 10.8 Å². The van der Waals surface area contributed by atoms with E-state index >= 15 is 0 Å². The molecule has 0 unspecified atom stereocenters. The number of rotatable bonds is 4. The number of aliphatic hydroxyl groups excluding tert-OH is 1. The fourth-order valence-electron chi connectivity index (χ4n) is 1.80. The summed E-state index contributed by atoms with van der Waals surface area (Å²) < 4.78 is 5.18. The Morgan fingerprint density at radius 1 is 1.41 bits per heavy atom. The Morgan fingerprint density at radius 2 is 2.09 bits per heavy atom. The number of hydrogen-bond donors (Lipinski definition) is 1. The van der Waals surface area contributed by atoms with Crippen LogP contribution in [-0.2, 0) is 15.0 Å². The first kappa shape index (κ1) is 18.3. The summed E-state index contributed by atoms with van der Waals surface area (Å²) in [5.74, 6) is 0.808. The number of Topliss-reactive ketones (excluding diaryl/α,β-unsaturated/α-hetero) is 1. The van der Waals surface area contributed by atoms with Gasteiger partial charge in [0.25, 0.3) is 0 Å². The van der Waals surface area contributed by atoms with Gasteiger partial charge in [0.1, 0.15) is 0 Å². The van der Waals surface area contributed by atoms with Gasteiger partial charge in [0.2, 0.25) is 0 Å². The Bertz CT molecular complexity index is 633. The maximum atomic E-state index is 11.2. The zero-order valence-electron chi connectivity index (χ0n) is 12.5. The SMILES string of the molecule is COc1ccc(-c2[c-]cc(C(C)=O)cc2)c([CH]=[Ni])c1.[CH2-]CO. The molecule has 22 heavy (non-hydrogen) atoms. The van der Waals surface area contributed by atoms with Crippen LogP contribution in [0.4, 0.5) is 0 Å². The molecule has 4 heteroatoms. The van der Waals surface area contributed by atoms with E-state index in [0.717, 1.165) is 22.4 Å². The van der Waals surface area contributed by atoms with E-state index in [4.69, 9.17) is 24.9 Å². The van der Waals surface area contributed by atoms with Crippen molar-refractivity contribution in [1.29, 1.82) is 0 Å². The molecule has 0 saturated carbocycles. The third-order valence-corrected chi connectivity index (χ3v) is 3.17. The van der Waals surface area contributed by atoms with Crippen molar-refractivity contribution in [1.82, 2.24) is 0 Å². The molecule has 1 N–H and O–H groups in total. The van der Waals surface area contributed by atoms with Gasteiger partial charge >= 0.3 is 120 Å². The smallest absolute Gasteiger partial charge is 0.0827 e. The molecule has 3 nitrogen and oxygen atoms in total. The largest absolute Gasteiger partial charge is 0.428 e. The first-order valence-electron chi connectivity index (χ1n) is 6.58. The average molecular weight is 341 g/mol. The van der Waals surface area contributed by atoms with Gasteiger partial charge in [0.15, 0.2) is 0 Å². The van der Waals surface area contributed by atoms with Crippen molar-refractivity contribution in [2.75, 3.05) is 13.7 Å². The molecule has 120 valence electrons. The van der Waals surface area contributed by atoms with Crippen molar-refractivity contribution in [3.8, 4) is 16.9 Å². The summed E-state index contributed by atoms with van der Waals surface area (Å²) in [6, 6.07) is 14.2. The topological polar surface area (TPSA) is 46.5 Å². The molecule has 2 aromatic carbocycles. The first-order chi connectivity index (χ1) is 10.6. The van der Waals surface area contributed by atoms with Crippen molar-refractivity contribution < 1.29 is 29.7 Å². The molecule has 0 aliphatic rings. The summed E-state index contributed by atoms with van der Waals surface area (Å²) in [7, 11) is 1.62. The van der Waals surface area contributed by atoms with Crippen LogP contribution in [0.5, 0.6) is 5.75 Å². The van der Waals surface area contributed by atoms with Crippen molar-refractivity contribution in [2.45, 2.75) is 6.92 Å². The third kappa shape index (κ3) is 4.90. The Labute approximate surface area is 138 Å². The van der Waals surface area contributed by atoms with Crippen LogP contribution in [0.2, 0.25) is 0 Å². The molecule has 0 aliphatic carbocycles. The minimum Gasteiger partial charge on any atom is -0.428 e. The number of ether oxygens (including phenoxy) is 1. The van der Waals surface area contributed by atoms with E-state index in [1.807, 2.05) is 24.3 Å². The van der Waals surface area contributed by atoms with E-state index in [0.29, 0.717) is 5.56 Å². The maximum absolute atomic E-state index is 11.2. The van der Waals surface area contributed by atoms with Gasteiger partial charge in [-0.1, -0.05) is 6.61 Å². The molecule has 0 aliphatic heterocycles. The summed E-state index contributed by atoms with van der Waals surface area (Å²) in [6.07, 6.45) is 0. The summed E-state index contributed by atoms with van der Waals surface area (Å²) in [6.45, 7) is 4.58. The fraction of sp³-hybridized carbons (Fsp3) is 0.167. The molecule has 0 bridgehead atoms. The second kappa shape index (κ2) is 9.29. The number of methoxy groups -OCH3 is 1. The molecule has 0 atom stereocenters. The number of hydrogen-bond acceptors (Lipinski definition) is 3. The second-order valence-electron chi connectivity index (χ2n) is 4.32. The van der Waals surface area contributed by atoms with Gasteiger partial charge in [-0.2, -0.15) is 0 Å². The van der Waals surface area contributed by atoms with E-state index in [1.54, 1.807) is 31.2 Å². The number of ketones is 1. The minimum atomic E-state index is 0. The second-order valence-corrected chi connectivity index (χ2v) is 4.60. The number of carbonyl (C=O) groups is 1. The van der Waals surface area contributed by atoms with Crippen LogP contribution in [-0.4, -0.2) is 29.6 Å². The van der Waals surface area contributed by atoms with E-state index in [2.05, 4.69) is 13.0 Å². The van der Waals surface area contributed by atoms with Crippen molar-refractivity contribution in [3.63, 3.8) is 0 Å². The van der Waals surface area contributed by atoms with Gasteiger partial charge in [0.05, 0.1) is 0 Å². The zero-order chi connectivity index (χ0) is 16.5. The number of carbonyl (C=O) groups excluding carboxylic acids is 1. The van der Waals surface area contributed by atoms with Crippen LogP contribution < -0.4 is 4.74 Å². The van der Waals surface area contributed by atoms with E-state index in [-0.39, 0.29) is 12.4 Å². The van der Waals surface area contributed by atoms with E-state index < -0.39 is 0 Å². The van der Waals surface area contributed by atoms with Gasteiger partial charge in [0, 0.05) is 0 Å². The van der Waals surface area contributed by atoms with Gasteiger partial charge in [-0.05, 0) is 0 Å². The quantitative estimate of drug-likeness (QED) is 0.529. The Hall–Kier alpha value is -1.77. The van der Waals surface area contributed by atoms with Crippen LogP contribution in [0, 0.1) is 13.0 Å². The molecule has 0 radical (unpaired) electrons. The molecule has 0 fully saturated rings. The third-order valence-electron chi connectivity index (χ3n) is 2.87. The Kier molecular flexibility index (Phi) is 7.72. The number of aliphatic hydroxyl groups is 1. The van der Waals surface area contributed by atoms with Crippen LogP contribution in [0.25, 0.3) is 11.1 Å². The van der Waals surface area contributed by atoms with Crippen molar-refractivity contribution in [2.24, 2.45) is 0 Å². The van der Waals surface area contributed by atoms with Crippen LogP contribution >= 0.6 is 0 Å². The minimum absolute atomic E-state index is 0. The Balaban J connectivity index is 0.000000745. The van der Waals surface area contributed by atoms with Crippen LogP contribution in [0.15, 0.2) is 36.4 Å². The molecule has 0 amide bonds. The van der Waals surface area contributed by atoms with E-state index in [1.165, 1.54) is 0 Å².